The normalized spacial score (nSPS) is 20.1. The standard InChI is InChI=1S/C15H20N6O3/c1-21-5-4-16-14(21)13-11(3-6-24-13)19-15(22)20-12-7-10(8-23-2)17-9-18-12/h4-5,7,9,11,13H,3,6,8H2,1-2H3,(H2,17,18,19,20,22)/t11-,13-/m1/s1. The zero-order chi connectivity index (χ0) is 16.9. The van der Waals surface area contributed by atoms with Crippen LogP contribution in [0.3, 0.4) is 0 Å². The third-order valence-corrected chi connectivity index (χ3v) is 3.78. The molecule has 3 heterocycles. The molecular formula is C15H20N6O3. The molecule has 1 aliphatic heterocycles. The fraction of sp³-hybridized carbons (Fsp3) is 0.467. The first-order valence-electron chi connectivity index (χ1n) is 7.63. The zero-order valence-electron chi connectivity index (χ0n) is 13.6. The van der Waals surface area contributed by atoms with E-state index in [-0.39, 0.29) is 18.2 Å². The number of hydrogen-bond donors (Lipinski definition) is 2. The lowest BCUT2D eigenvalue weighted by molar-refractivity contribution is 0.0913. The van der Waals surface area contributed by atoms with Crippen molar-refractivity contribution in [2.45, 2.75) is 25.2 Å². The Hall–Kier alpha value is -2.52. The van der Waals surface area contributed by atoms with Gasteiger partial charge in [0.05, 0.1) is 18.3 Å². The van der Waals surface area contributed by atoms with E-state index in [0.29, 0.717) is 24.7 Å². The van der Waals surface area contributed by atoms with Gasteiger partial charge in [0.25, 0.3) is 0 Å². The molecule has 0 spiro atoms. The van der Waals surface area contributed by atoms with Gasteiger partial charge in [-0.2, -0.15) is 0 Å². The summed E-state index contributed by atoms with van der Waals surface area (Å²) in [5, 5.41) is 5.63. The van der Waals surface area contributed by atoms with E-state index in [1.54, 1.807) is 19.4 Å². The molecule has 1 fully saturated rings. The number of nitrogens with zero attached hydrogens (tertiary/aromatic N) is 4. The molecule has 0 bridgehead atoms. The minimum atomic E-state index is -0.341. The third-order valence-electron chi connectivity index (χ3n) is 3.78. The lowest BCUT2D eigenvalue weighted by Crippen LogP contribution is -2.40. The van der Waals surface area contributed by atoms with E-state index in [2.05, 4.69) is 25.6 Å². The summed E-state index contributed by atoms with van der Waals surface area (Å²) in [5.41, 5.74) is 0.692. The maximum atomic E-state index is 12.2. The van der Waals surface area contributed by atoms with Gasteiger partial charge in [-0.25, -0.2) is 19.7 Å². The number of methoxy groups -OCH3 is 1. The molecule has 0 saturated carbocycles. The summed E-state index contributed by atoms with van der Waals surface area (Å²) in [5.74, 6) is 1.21. The van der Waals surface area contributed by atoms with Crippen LogP contribution < -0.4 is 10.6 Å². The van der Waals surface area contributed by atoms with Crippen molar-refractivity contribution < 1.29 is 14.3 Å². The average Bonchev–Trinajstić information content (AvgIpc) is 3.16. The summed E-state index contributed by atoms with van der Waals surface area (Å²) in [4.78, 5) is 24.6. The molecular weight excluding hydrogens is 312 g/mol. The number of amides is 2. The Balaban J connectivity index is 1.62. The molecule has 1 aliphatic rings. The molecule has 0 unspecified atom stereocenters. The molecule has 2 aromatic rings. The van der Waals surface area contributed by atoms with Gasteiger partial charge < -0.3 is 19.4 Å². The van der Waals surface area contributed by atoms with E-state index in [1.807, 2.05) is 17.8 Å². The SMILES string of the molecule is COCc1cc(NC(=O)N[C@@H]2CCO[C@H]2c2nccn2C)ncn1. The summed E-state index contributed by atoms with van der Waals surface area (Å²) in [6.07, 6.45) is 5.42. The van der Waals surface area contributed by atoms with Crippen molar-refractivity contribution in [1.29, 1.82) is 0 Å². The molecule has 9 heteroatoms. The Morgan fingerprint density at radius 2 is 2.33 bits per heavy atom. The van der Waals surface area contributed by atoms with E-state index in [1.165, 1.54) is 6.33 Å². The van der Waals surface area contributed by atoms with Crippen molar-refractivity contribution in [3.63, 3.8) is 0 Å². The number of carbonyl (C=O) groups is 1. The van der Waals surface area contributed by atoms with Gasteiger partial charge in [0.1, 0.15) is 24.1 Å². The first-order chi connectivity index (χ1) is 11.7. The number of imidazole rings is 1. The third kappa shape index (κ3) is 3.69. The Kier molecular flexibility index (Phi) is 5.02. The Morgan fingerprint density at radius 3 is 3.08 bits per heavy atom. The van der Waals surface area contributed by atoms with Crippen LogP contribution in [0, 0.1) is 0 Å². The van der Waals surface area contributed by atoms with E-state index in [4.69, 9.17) is 9.47 Å². The molecule has 2 N–H and O–H groups in total. The number of aromatic nitrogens is 4. The number of hydrogen-bond acceptors (Lipinski definition) is 6. The van der Waals surface area contributed by atoms with Crippen LogP contribution in [0.15, 0.2) is 24.8 Å². The Morgan fingerprint density at radius 1 is 1.46 bits per heavy atom. The van der Waals surface area contributed by atoms with Gasteiger partial charge in [0.15, 0.2) is 0 Å². The first kappa shape index (κ1) is 16.3. The summed E-state index contributed by atoms with van der Waals surface area (Å²) in [6, 6.07) is 1.18. The lowest BCUT2D eigenvalue weighted by Gasteiger charge is -2.19. The summed E-state index contributed by atoms with van der Waals surface area (Å²) in [7, 11) is 3.49. The van der Waals surface area contributed by atoms with Crippen LogP contribution >= 0.6 is 0 Å². The number of urea groups is 1. The predicted molar refractivity (Wildman–Crippen MR) is 85.2 cm³/mol. The fourth-order valence-corrected chi connectivity index (χ4v) is 2.66. The number of carbonyl (C=O) groups excluding carboxylic acids is 1. The fourth-order valence-electron chi connectivity index (χ4n) is 2.66. The van der Waals surface area contributed by atoms with Gasteiger partial charge in [-0.3, -0.25) is 5.32 Å². The smallest absolute Gasteiger partial charge is 0.320 e. The van der Waals surface area contributed by atoms with E-state index in [9.17, 15) is 4.79 Å². The van der Waals surface area contributed by atoms with Crippen LogP contribution in [0.5, 0.6) is 0 Å². The number of anilines is 1. The average molecular weight is 332 g/mol. The molecule has 2 amide bonds. The molecule has 0 aliphatic carbocycles. The minimum absolute atomic E-state index is 0.147. The maximum absolute atomic E-state index is 12.2. The summed E-state index contributed by atoms with van der Waals surface area (Å²) < 4.78 is 12.6. The minimum Gasteiger partial charge on any atom is -0.378 e. The van der Waals surface area contributed by atoms with E-state index >= 15 is 0 Å². The Labute approximate surface area is 139 Å². The van der Waals surface area contributed by atoms with Crippen molar-refractivity contribution in [2.75, 3.05) is 19.0 Å². The zero-order valence-corrected chi connectivity index (χ0v) is 13.6. The van der Waals surface area contributed by atoms with Crippen molar-refractivity contribution in [2.24, 2.45) is 7.05 Å². The second kappa shape index (κ2) is 7.37. The molecule has 0 aromatic carbocycles. The van der Waals surface area contributed by atoms with E-state index in [0.717, 1.165) is 12.2 Å². The molecule has 2 atom stereocenters. The second-order valence-corrected chi connectivity index (χ2v) is 5.51. The number of ether oxygens (including phenoxy) is 2. The van der Waals surface area contributed by atoms with Gasteiger partial charge in [0, 0.05) is 39.2 Å². The van der Waals surface area contributed by atoms with Gasteiger partial charge in [0.2, 0.25) is 0 Å². The van der Waals surface area contributed by atoms with Gasteiger partial charge in [-0.1, -0.05) is 0 Å². The van der Waals surface area contributed by atoms with Crippen LogP contribution in [0.4, 0.5) is 10.6 Å². The molecule has 2 aromatic heterocycles. The number of aryl methyl sites for hydroxylation is 1. The lowest BCUT2D eigenvalue weighted by atomic mass is 10.1. The topological polar surface area (TPSA) is 103 Å². The summed E-state index contributed by atoms with van der Waals surface area (Å²) in [6.45, 7) is 0.935. The maximum Gasteiger partial charge on any atom is 0.320 e. The van der Waals surface area contributed by atoms with Gasteiger partial charge >= 0.3 is 6.03 Å². The second-order valence-electron chi connectivity index (χ2n) is 5.51. The first-order valence-corrected chi connectivity index (χ1v) is 7.63. The molecule has 1 saturated heterocycles. The molecule has 128 valence electrons. The number of rotatable bonds is 5. The van der Waals surface area contributed by atoms with Crippen molar-refractivity contribution >= 4 is 11.8 Å². The van der Waals surface area contributed by atoms with Crippen molar-refractivity contribution in [3.8, 4) is 0 Å². The van der Waals surface area contributed by atoms with Crippen LogP contribution in [-0.4, -0.2) is 45.3 Å². The highest BCUT2D eigenvalue weighted by Gasteiger charge is 2.33. The van der Waals surface area contributed by atoms with Gasteiger partial charge in [-0.15, -0.1) is 0 Å². The van der Waals surface area contributed by atoms with E-state index < -0.39 is 0 Å². The monoisotopic (exact) mass is 332 g/mol. The highest BCUT2D eigenvalue weighted by Crippen LogP contribution is 2.27. The molecule has 3 rings (SSSR count). The van der Waals surface area contributed by atoms with Crippen molar-refractivity contribution in [1.82, 2.24) is 24.8 Å². The van der Waals surface area contributed by atoms with Crippen LogP contribution in [0.25, 0.3) is 0 Å². The van der Waals surface area contributed by atoms with Gasteiger partial charge in [-0.05, 0) is 6.42 Å². The van der Waals surface area contributed by atoms with Crippen LogP contribution in [0.1, 0.15) is 24.0 Å². The molecule has 9 nitrogen and oxygen atoms in total. The van der Waals surface area contributed by atoms with Crippen LogP contribution in [-0.2, 0) is 23.1 Å². The molecule has 24 heavy (non-hydrogen) atoms. The predicted octanol–water partition coefficient (Wildman–Crippen LogP) is 1.01. The summed E-state index contributed by atoms with van der Waals surface area (Å²) >= 11 is 0. The number of nitrogens with one attached hydrogen (secondary N) is 2. The highest BCUT2D eigenvalue weighted by molar-refractivity contribution is 5.88. The quantitative estimate of drug-likeness (QED) is 0.847. The van der Waals surface area contributed by atoms with Crippen molar-refractivity contribution in [3.05, 3.63) is 36.3 Å². The molecule has 0 radical (unpaired) electrons. The highest BCUT2D eigenvalue weighted by atomic mass is 16.5. The largest absolute Gasteiger partial charge is 0.378 e. The van der Waals surface area contributed by atoms with Crippen LogP contribution in [0.2, 0.25) is 0 Å². The Bertz CT molecular complexity index is 704.